The van der Waals surface area contributed by atoms with Crippen molar-refractivity contribution in [2.24, 2.45) is 0 Å². The lowest BCUT2D eigenvalue weighted by Crippen LogP contribution is -2.36. The summed E-state index contributed by atoms with van der Waals surface area (Å²) < 4.78 is 12.6. The molecule has 58 valence electrons. The maximum atomic E-state index is 12.6. The summed E-state index contributed by atoms with van der Waals surface area (Å²) >= 11 is 0. The van der Waals surface area contributed by atoms with Crippen molar-refractivity contribution in [1.29, 1.82) is 5.26 Å². The quantitative estimate of drug-likeness (QED) is 0.512. The minimum Gasteiger partial charge on any atom is -0.304 e. The number of allylic oxidation sites excluding steroid dienone is 2. The zero-order chi connectivity index (χ0) is 8.43. The molecule has 1 rings (SSSR count). The van der Waals surface area contributed by atoms with Crippen LogP contribution in [0.1, 0.15) is 6.42 Å². The van der Waals surface area contributed by atoms with Gasteiger partial charge in [0.15, 0.2) is 6.17 Å². The van der Waals surface area contributed by atoms with Crippen molar-refractivity contribution in [3.8, 4) is 6.07 Å². The maximum Gasteiger partial charge on any atom is 0.262 e. The largest absolute Gasteiger partial charge is 0.304 e. The van der Waals surface area contributed by atoms with Gasteiger partial charge in [-0.1, -0.05) is 0 Å². The molecule has 0 spiro atoms. The molecule has 1 aliphatic rings. The second-order valence-electron chi connectivity index (χ2n) is 2.30. The Hall–Kier alpha value is -1.37. The van der Waals surface area contributed by atoms with Crippen LogP contribution in [-0.2, 0) is 4.79 Å². The van der Waals surface area contributed by atoms with Gasteiger partial charge >= 0.3 is 0 Å². The molecule has 1 atom stereocenters. The number of amides is 1. The lowest BCUT2D eigenvalue weighted by atomic mass is 10.1. The Labute approximate surface area is 63.7 Å². The number of hydrogen-bond acceptors (Lipinski definition) is 2. The summed E-state index contributed by atoms with van der Waals surface area (Å²) in [5, 5.41) is 8.43. The van der Waals surface area contributed by atoms with Crippen molar-refractivity contribution in [3.63, 3.8) is 0 Å². The lowest BCUT2D eigenvalue weighted by molar-refractivity contribution is -0.133. The van der Waals surface area contributed by atoms with Crippen LogP contribution < -0.4 is 0 Å². The summed E-state index contributed by atoms with van der Waals surface area (Å²) in [7, 11) is 1.39. The summed E-state index contributed by atoms with van der Waals surface area (Å²) in [6.45, 7) is 0. The van der Waals surface area contributed by atoms with E-state index in [1.165, 1.54) is 13.1 Å². The predicted octanol–water partition coefficient (Wildman–Crippen LogP) is 0.594. The highest BCUT2D eigenvalue weighted by Gasteiger charge is 2.27. The fourth-order valence-corrected chi connectivity index (χ4v) is 0.902. The number of nitriles is 1. The van der Waals surface area contributed by atoms with E-state index in [0.717, 1.165) is 4.90 Å². The van der Waals surface area contributed by atoms with Gasteiger partial charge in [0, 0.05) is 13.5 Å². The molecule has 4 heteroatoms. The van der Waals surface area contributed by atoms with E-state index in [0.29, 0.717) is 0 Å². The maximum absolute atomic E-state index is 12.6. The number of hydrogen-bond donors (Lipinski definition) is 0. The first kappa shape index (κ1) is 7.73. The second-order valence-corrected chi connectivity index (χ2v) is 2.30. The zero-order valence-corrected chi connectivity index (χ0v) is 6.04. The normalized spacial score (nSPS) is 24.5. The fourth-order valence-electron chi connectivity index (χ4n) is 0.902. The summed E-state index contributed by atoms with van der Waals surface area (Å²) in [5.41, 5.74) is 0.226. The highest BCUT2D eigenvalue weighted by Crippen LogP contribution is 2.15. The van der Waals surface area contributed by atoms with E-state index in [1.54, 1.807) is 6.07 Å². The van der Waals surface area contributed by atoms with Crippen molar-refractivity contribution in [2.75, 3.05) is 7.05 Å². The number of carbonyl (C=O) groups excluding carboxylic acids is 1. The Balaban J connectivity index is 2.89. The Kier molecular flexibility index (Phi) is 1.90. The van der Waals surface area contributed by atoms with E-state index >= 15 is 0 Å². The first-order valence-corrected chi connectivity index (χ1v) is 3.18. The van der Waals surface area contributed by atoms with Gasteiger partial charge in [0.1, 0.15) is 11.8 Å². The van der Waals surface area contributed by atoms with Crippen LogP contribution in [0, 0.1) is 11.3 Å². The summed E-state index contributed by atoms with van der Waals surface area (Å²) in [5.74, 6) is -0.635. The summed E-state index contributed by atoms with van der Waals surface area (Å²) in [6.07, 6.45) is -0.0323. The molecule has 0 fully saturated rings. The lowest BCUT2D eigenvalue weighted by Gasteiger charge is -2.21. The van der Waals surface area contributed by atoms with Gasteiger partial charge in [0.25, 0.3) is 5.91 Å². The second kappa shape index (κ2) is 2.70. The molecule has 0 aromatic rings. The zero-order valence-electron chi connectivity index (χ0n) is 6.04. The first-order valence-electron chi connectivity index (χ1n) is 3.18. The number of rotatable bonds is 0. The molecule has 0 aromatic heterocycles. The minimum atomic E-state index is -1.47. The van der Waals surface area contributed by atoms with E-state index in [-0.39, 0.29) is 12.1 Å². The average Bonchev–Trinajstić information content (AvgIpc) is 2.01. The molecule has 1 aliphatic heterocycles. The molecular formula is C7H7FN2O. The molecule has 1 unspecified atom stereocenters. The van der Waals surface area contributed by atoms with Gasteiger partial charge in [-0.3, -0.25) is 4.79 Å². The van der Waals surface area contributed by atoms with Crippen LogP contribution in [0.3, 0.4) is 0 Å². The highest BCUT2D eigenvalue weighted by molar-refractivity contribution is 5.84. The van der Waals surface area contributed by atoms with Crippen LogP contribution >= 0.6 is 0 Å². The van der Waals surface area contributed by atoms with Crippen LogP contribution in [0.25, 0.3) is 0 Å². The van der Waals surface area contributed by atoms with Crippen LogP contribution in [0.15, 0.2) is 11.8 Å². The molecule has 0 bridgehead atoms. The fraction of sp³-hybridized carbons (Fsp3) is 0.429. The molecule has 0 aliphatic carbocycles. The van der Waals surface area contributed by atoms with Crippen LogP contribution in [0.2, 0.25) is 0 Å². The van der Waals surface area contributed by atoms with Crippen molar-refractivity contribution >= 4 is 5.91 Å². The Morgan fingerprint density at radius 2 is 2.55 bits per heavy atom. The number of carbonyl (C=O) groups is 1. The average molecular weight is 154 g/mol. The SMILES string of the molecule is CN1C(=O)C(F)CC=C1C#N. The molecular weight excluding hydrogens is 147 g/mol. The van der Waals surface area contributed by atoms with Crippen LogP contribution in [0.5, 0.6) is 0 Å². The van der Waals surface area contributed by atoms with Crippen LogP contribution in [0.4, 0.5) is 4.39 Å². The van der Waals surface area contributed by atoms with E-state index in [2.05, 4.69) is 0 Å². The number of halogens is 1. The van der Waals surface area contributed by atoms with Gasteiger partial charge in [-0.25, -0.2) is 4.39 Å². The van der Waals surface area contributed by atoms with Gasteiger partial charge in [-0.2, -0.15) is 5.26 Å². The summed E-state index contributed by atoms with van der Waals surface area (Å²) in [6, 6.07) is 1.80. The molecule has 0 radical (unpaired) electrons. The van der Waals surface area contributed by atoms with Gasteiger partial charge < -0.3 is 4.90 Å². The molecule has 0 saturated carbocycles. The number of nitrogens with zero attached hydrogens (tertiary/aromatic N) is 2. The molecule has 3 nitrogen and oxygen atoms in total. The molecule has 0 aromatic carbocycles. The van der Waals surface area contributed by atoms with E-state index in [9.17, 15) is 9.18 Å². The Bertz CT molecular complexity index is 254. The van der Waals surface area contributed by atoms with E-state index in [1.807, 2.05) is 0 Å². The minimum absolute atomic E-state index is 0.0199. The van der Waals surface area contributed by atoms with Crippen LogP contribution in [-0.4, -0.2) is 24.0 Å². The standard InChI is InChI=1S/C7H7FN2O/c1-10-5(4-9)2-3-6(8)7(10)11/h2,6H,3H2,1H3. The highest BCUT2D eigenvalue weighted by atomic mass is 19.1. The van der Waals surface area contributed by atoms with Crippen molar-refractivity contribution in [1.82, 2.24) is 4.90 Å². The molecule has 0 N–H and O–H groups in total. The third-order valence-corrected chi connectivity index (χ3v) is 1.59. The smallest absolute Gasteiger partial charge is 0.262 e. The van der Waals surface area contributed by atoms with Crippen molar-refractivity contribution in [2.45, 2.75) is 12.6 Å². The van der Waals surface area contributed by atoms with Gasteiger partial charge in [-0.05, 0) is 6.08 Å². The van der Waals surface area contributed by atoms with Crippen molar-refractivity contribution in [3.05, 3.63) is 11.8 Å². The molecule has 0 saturated heterocycles. The first-order chi connectivity index (χ1) is 5.16. The summed E-state index contributed by atoms with van der Waals surface area (Å²) in [4.78, 5) is 11.9. The molecule has 1 amide bonds. The van der Waals surface area contributed by atoms with Gasteiger partial charge in [-0.15, -0.1) is 0 Å². The number of alkyl halides is 1. The van der Waals surface area contributed by atoms with Gasteiger partial charge in [0.2, 0.25) is 0 Å². The monoisotopic (exact) mass is 154 g/mol. The third kappa shape index (κ3) is 1.22. The third-order valence-electron chi connectivity index (χ3n) is 1.59. The molecule has 1 heterocycles. The van der Waals surface area contributed by atoms with Gasteiger partial charge in [0.05, 0.1) is 0 Å². The van der Waals surface area contributed by atoms with Crippen molar-refractivity contribution < 1.29 is 9.18 Å². The Morgan fingerprint density at radius 3 is 3.09 bits per heavy atom. The van der Waals surface area contributed by atoms with E-state index in [4.69, 9.17) is 5.26 Å². The topological polar surface area (TPSA) is 44.1 Å². The molecule has 11 heavy (non-hydrogen) atoms. The Morgan fingerprint density at radius 1 is 1.91 bits per heavy atom. The predicted molar refractivity (Wildman–Crippen MR) is 36.0 cm³/mol. The van der Waals surface area contributed by atoms with E-state index < -0.39 is 12.1 Å².